The van der Waals surface area contributed by atoms with Crippen molar-refractivity contribution in [1.29, 1.82) is 0 Å². The van der Waals surface area contributed by atoms with Crippen molar-refractivity contribution in [3.05, 3.63) is 21.9 Å². The highest BCUT2D eigenvalue weighted by Gasteiger charge is 1.93. The molecule has 0 N–H and O–H groups in total. The van der Waals surface area contributed by atoms with E-state index in [2.05, 4.69) is 41.9 Å². The molecule has 64 valence electrons. The Hall–Kier alpha value is -0.430. The molecule has 0 radical (unpaired) electrons. The number of thiol groups is 1. The van der Waals surface area contributed by atoms with Crippen molar-refractivity contribution in [2.45, 2.75) is 13.3 Å². The molecule has 0 amide bonds. The third-order valence-electron chi connectivity index (χ3n) is 1.36. The van der Waals surface area contributed by atoms with Crippen molar-refractivity contribution in [1.82, 2.24) is 0 Å². The van der Waals surface area contributed by atoms with Crippen LogP contribution >= 0.6 is 24.2 Å². The quantitative estimate of drug-likeness (QED) is 0.436. The molecule has 0 saturated carbocycles. The minimum Gasteiger partial charge on any atom is -0.306 e. The van der Waals surface area contributed by atoms with E-state index in [0.717, 1.165) is 11.3 Å². The third-order valence-corrected chi connectivity index (χ3v) is 2.63. The van der Waals surface area contributed by atoms with E-state index in [9.17, 15) is 0 Å². The Kier molecular flexibility index (Phi) is 4.23. The monoisotopic (exact) mass is 198 g/mol. The molecule has 12 heavy (non-hydrogen) atoms. The summed E-state index contributed by atoms with van der Waals surface area (Å²) in [6, 6.07) is 4.14. The first-order valence-electron chi connectivity index (χ1n) is 3.70. The average molecular weight is 198 g/mol. The standard InChI is InChI=1S/C9H10OS2/c1-2-8-5-6-9(12-8)4-3-7-10-11/h5-6,11H,2,7H2,1H3. The summed E-state index contributed by atoms with van der Waals surface area (Å²) < 4.78 is 4.52. The number of hydrogen-bond acceptors (Lipinski definition) is 3. The summed E-state index contributed by atoms with van der Waals surface area (Å²) in [4.78, 5) is 2.46. The Morgan fingerprint density at radius 2 is 2.42 bits per heavy atom. The van der Waals surface area contributed by atoms with Crippen LogP contribution in [0.3, 0.4) is 0 Å². The fraction of sp³-hybridized carbons (Fsp3) is 0.333. The zero-order valence-electron chi connectivity index (χ0n) is 6.83. The van der Waals surface area contributed by atoms with Crippen LogP contribution in [0.4, 0.5) is 0 Å². The fourth-order valence-electron chi connectivity index (χ4n) is 0.791. The largest absolute Gasteiger partial charge is 0.306 e. The van der Waals surface area contributed by atoms with Crippen LogP contribution in [0.15, 0.2) is 12.1 Å². The van der Waals surface area contributed by atoms with Crippen LogP contribution < -0.4 is 0 Å². The van der Waals surface area contributed by atoms with E-state index in [0.29, 0.717) is 6.61 Å². The summed E-state index contributed by atoms with van der Waals surface area (Å²) in [5.41, 5.74) is 0. The number of hydrogen-bond donors (Lipinski definition) is 1. The van der Waals surface area contributed by atoms with Gasteiger partial charge in [-0.2, -0.15) is 0 Å². The smallest absolute Gasteiger partial charge is 0.122 e. The zero-order chi connectivity index (χ0) is 8.81. The van der Waals surface area contributed by atoms with Gasteiger partial charge in [0.05, 0.1) is 4.88 Å². The molecule has 0 spiro atoms. The van der Waals surface area contributed by atoms with Gasteiger partial charge in [0.15, 0.2) is 0 Å². The van der Waals surface area contributed by atoms with E-state index >= 15 is 0 Å². The van der Waals surface area contributed by atoms with Gasteiger partial charge in [-0.1, -0.05) is 18.8 Å². The lowest BCUT2D eigenvalue weighted by molar-refractivity contribution is 0.447. The average Bonchev–Trinajstić information content (AvgIpc) is 2.53. The molecule has 0 bridgehead atoms. The fourth-order valence-corrected chi connectivity index (χ4v) is 1.68. The lowest BCUT2D eigenvalue weighted by atomic mass is 10.4. The number of aryl methyl sites for hydroxylation is 1. The molecule has 0 unspecified atom stereocenters. The molecule has 0 saturated heterocycles. The van der Waals surface area contributed by atoms with E-state index in [-0.39, 0.29) is 0 Å². The normalized spacial score (nSPS) is 9.17. The summed E-state index contributed by atoms with van der Waals surface area (Å²) in [6.07, 6.45) is 1.08. The van der Waals surface area contributed by atoms with Gasteiger partial charge in [0, 0.05) is 4.88 Å². The minimum absolute atomic E-state index is 0.377. The van der Waals surface area contributed by atoms with Crippen molar-refractivity contribution < 1.29 is 4.18 Å². The number of rotatable bonds is 2. The molecule has 0 fully saturated rings. The van der Waals surface area contributed by atoms with Crippen molar-refractivity contribution in [2.24, 2.45) is 0 Å². The van der Waals surface area contributed by atoms with Gasteiger partial charge in [0.2, 0.25) is 0 Å². The van der Waals surface area contributed by atoms with Gasteiger partial charge in [0.1, 0.15) is 6.61 Å². The summed E-state index contributed by atoms with van der Waals surface area (Å²) >= 11 is 5.32. The maximum absolute atomic E-state index is 4.52. The molecule has 3 heteroatoms. The Bertz CT molecular complexity index is 293. The molecule has 0 atom stereocenters. The van der Waals surface area contributed by atoms with Gasteiger partial charge < -0.3 is 4.18 Å². The molecule has 1 heterocycles. The van der Waals surface area contributed by atoms with Crippen molar-refractivity contribution in [2.75, 3.05) is 6.61 Å². The molecule has 1 aromatic heterocycles. The maximum Gasteiger partial charge on any atom is 0.122 e. The molecular formula is C9H10OS2. The van der Waals surface area contributed by atoms with Crippen LogP contribution in [-0.4, -0.2) is 6.61 Å². The van der Waals surface area contributed by atoms with Gasteiger partial charge in [-0.25, -0.2) is 0 Å². The van der Waals surface area contributed by atoms with Gasteiger partial charge in [-0.05, 0) is 31.5 Å². The number of thiophene rings is 1. The van der Waals surface area contributed by atoms with Crippen molar-refractivity contribution in [3.8, 4) is 11.8 Å². The molecule has 0 aliphatic carbocycles. The van der Waals surface area contributed by atoms with Gasteiger partial charge >= 0.3 is 0 Å². The van der Waals surface area contributed by atoms with Crippen LogP contribution in [0.25, 0.3) is 0 Å². The Labute approximate surface area is 82.4 Å². The maximum atomic E-state index is 4.52. The first kappa shape index (κ1) is 9.66. The third kappa shape index (κ3) is 2.90. The lowest BCUT2D eigenvalue weighted by Crippen LogP contribution is -1.74. The predicted octanol–water partition coefficient (Wildman–Crippen LogP) is 2.52. The molecule has 1 aromatic rings. The van der Waals surface area contributed by atoms with Gasteiger partial charge in [-0.3, -0.25) is 0 Å². The highest BCUT2D eigenvalue weighted by molar-refractivity contribution is 7.75. The second kappa shape index (κ2) is 5.26. The van der Waals surface area contributed by atoms with E-state index in [1.807, 2.05) is 6.07 Å². The molecular weight excluding hydrogens is 188 g/mol. The van der Waals surface area contributed by atoms with Crippen molar-refractivity contribution >= 4 is 24.2 Å². The Morgan fingerprint density at radius 3 is 3.00 bits per heavy atom. The lowest BCUT2D eigenvalue weighted by Gasteiger charge is -1.82. The highest BCUT2D eigenvalue weighted by Crippen LogP contribution is 2.15. The summed E-state index contributed by atoms with van der Waals surface area (Å²) in [5, 5.41) is 0. The summed E-state index contributed by atoms with van der Waals surface area (Å²) in [5.74, 6) is 5.85. The van der Waals surface area contributed by atoms with Crippen LogP contribution in [-0.2, 0) is 10.6 Å². The van der Waals surface area contributed by atoms with Crippen molar-refractivity contribution in [3.63, 3.8) is 0 Å². The minimum atomic E-state index is 0.377. The van der Waals surface area contributed by atoms with Crippen LogP contribution in [0, 0.1) is 11.8 Å². The van der Waals surface area contributed by atoms with E-state index in [1.54, 1.807) is 11.3 Å². The summed E-state index contributed by atoms with van der Waals surface area (Å²) in [7, 11) is 0. The Morgan fingerprint density at radius 1 is 1.58 bits per heavy atom. The van der Waals surface area contributed by atoms with Gasteiger partial charge in [-0.15, -0.1) is 11.3 Å². The Balaban J connectivity index is 2.59. The highest BCUT2D eigenvalue weighted by atomic mass is 32.1. The topological polar surface area (TPSA) is 9.23 Å². The zero-order valence-corrected chi connectivity index (χ0v) is 8.54. The van der Waals surface area contributed by atoms with E-state index in [4.69, 9.17) is 0 Å². The van der Waals surface area contributed by atoms with Crippen LogP contribution in [0.1, 0.15) is 16.7 Å². The second-order valence-electron chi connectivity index (χ2n) is 2.19. The first-order valence-corrected chi connectivity index (χ1v) is 4.89. The molecule has 0 aliphatic rings. The van der Waals surface area contributed by atoms with E-state index in [1.165, 1.54) is 4.88 Å². The van der Waals surface area contributed by atoms with Gasteiger partial charge in [0.25, 0.3) is 0 Å². The second-order valence-corrected chi connectivity index (χ2v) is 3.62. The molecule has 0 aromatic carbocycles. The van der Waals surface area contributed by atoms with Crippen LogP contribution in [0.2, 0.25) is 0 Å². The molecule has 0 aliphatic heterocycles. The molecule has 1 rings (SSSR count). The molecule has 1 nitrogen and oxygen atoms in total. The van der Waals surface area contributed by atoms with Crippen LogP contribution in [0.5, 0.6) is 0 Å². The first-order chi connectivity index (χ1) is 5.86. The van der Waals surface area contributed by atoms with E-state index < -0.39 is 0 Å². The predicted molar refractivity (Wildman–Crippen MR) is 55.5 cm³/mol. The summed E-state index contributed by atoms with van der Waals surface area (Å²) in [6.45, 7) is 2.52. The SMILES string of the molecule is CCc1ccc(C#CCOS)s1.